The van der Waals surface area contributed by atoms with Gasteiger partial charge in [0.15, 0.2) is 0 Å². The van der Waals surface area contributed by atoms with Crippen molar-refractivity contribution in [3.05, 3.63) is 23.9 Å². The molecule has 1 saturated carbocycles. The van der Waals surface area contributed by atoms with Crippen LogP contribution < -0.4 is 18.1 Å². The minimum absolute atomic E-state index is 0. The van der Waals surface area contributed by atoms with Crippen molar-refractivity contribution in [3.8, 4) is 0 Å². The quantitative estimate of drug-likeness (QED) is 0.349. The Morgan fingerprint density at radius 2 is 2.11 bits per heavy atom. The summed E-state index contributed by atoms with van der Waals surface area (Å²) in [5.41, 5.74) is 6.77. The molecule has 0 aromatic heterocycles. The maximum atomic E-state index is 12.5. The van der Waals surface area contributed by atoms with Crippen molar-refractivity contribution in [3.63, 3.8) is 0 Å². The van der Waals surface area contributed by atoms with Crippen molar-refractivity contribution in [1.82, 2.24) is 4.90 Å². The smallest absolute Gasteiger partial charge is 0.306 e. The molecule has 2 aliphatic rings. The highest BCUT2D eigenvalue weighted by Crippen LogP contribution is 2.46. The van der Waals surface area contributed by atoms with E-state index in [9.17, 15) is 4.79 Å². The summed E-state index contributed by atoms with van der Waals surface area (Å²) >= 11 is 5.50. The molecule has 0 spiro atoms. The molecule has 0 aromatic carbocycles. The van der Waals surface area contributed by atoms with Gasteiger partial charge in [-0.2, -0.15) is 0 Å². The summed E-state index contributed by atoms with van der Waals surface area (Å²) < 4.78 is 6.81. The summed E-state index contributed by atoms with van der Waals surface area (Å²) in [6.07, 6.45) is 11.0. The number of ether oxygens (including phenoxy) is 1. The van der Waals surface area contributed by atoms with E-state index < -0.39 is 5.41 Å². The summed E-state index contributed by atoms with van der Waals surface area (Å²) in [4.78, 5) is 15.0. The molecule has 5 nitrogen and oxygen atoms in total. The van der Waals surface area contributed by atoms with Crippen molar-refractivity contribution in [2.45, 2.75) is 44.6 Å². The van der Waals surface area contributed by atoms with Crippen molar-refractivity contribution < 1.29 is 26.4 Å². The Morgan fingerprint density at radius 1 is 1.41 bits per heavy atom. The molecule has 0 bridgehead atoms. The molecule has 1 aliphatic carbocycles. The van der Waals surface area contributed by atoms with Gasteiger partial charge < -0.3 is 32.3 Å². The highest BCUT2D eigenvalue weighted by atomic mass is 35.5. The van der Waals surface area contributed by atoms with Gasteiger partial charge >= 0.3 is 5.97 Å². The maximum absolute atomic E-state index is 12.5. The first-order valence-electron chi connectivity index (χ1n) is 9.54. The second kappa shape index (κ2) is 9.89. The molecule has 0 amide bonds. The number of hydrogen-bond acceptors (Lipinski definition) is 4. The van der Waals surface area contributed by atoms with Crippen molar-refractivity contribution in [1.29, 1.82) is 0 Å². The standard InChI is InChI=1S/C20H33N3O2S.ClH/c1-22-13-7-9-16(15-22)20(19(21)26)12-6-5-10-17(20)25-18(24)11-8-14-23(2,3)4;/h7,9,15,17H,5-6,8,10-14H2,1-4H3,(H-,21,26);1H/t17-,20-;/m1./s1. The molecule has 7 heteroatoms. The number of nitrogens with two attached hydrogens (primary N) is 1. The van der Waals surface area contributed by atoms with Gasteiger partial charge in [0.25, 0.3) is 0 Å². The Morgan fingerprint density at radius 3 is 2.70 bits per heavy atom. The van der Waals surface area contributed by atoms with Crippen LogP contribution in [0, 0.1) is 5.41 Å². The van der Waals surface area contributed by atoms with Crippen molar-refractivity contribution >= 4 is 23.2 Å². The summed E-state index contributed by atoms with van der Waals surface area (Å²) in [6.45, 7) is 1.81. The largest absolute Gasteiger partial charge is 1.00 e. The van der Waals surface area contributed by atoms with Crippen LogP contribution in [0.2, 0.25) is 0 Å². The number of carbonyl (C=O) groups is 1. The van der Waals surface area contributed by atoms with Crippen LogP contribution in [0.15, 0.2) is 23.9 Å². The third kappa shape index (κ3) is 6.19. The number of hydrogen-bond donors (Lipinski definition) is 1. The van der Waals surface area contributed by atoms with Crippen LogP contribution in [0.3, 0.4) is 0 Å². The second-order valence-electron chi connectivity index (χ2n) is 8.60. The molecule has 27 heavy (non-hydrogen) atoms. The molecule has 1 fully saturated rings. The van der Waals surface area contributed by atoms with E-state index in [4.69, 9.17) is 22.7 Å². The van der Waals surface area contributed by atoms with Crippen LogP contribution in [0.25, 0.3) is 0 Å². The number of nitrogens with zero attached hydrogens (tertiary/aromatic N) is 2. The lowest BCUT2D eigenvalue weighted by atomic mass is 9.66. The van der Waals surface area contributed by atoms with Gasteiger partial charge in [-0.3, -0.25) is 4.79 Å². The molecule has 1 heterocycles. The van der Waals surface area contributed by atoms with E-state index in [-0.39, 0.29) is 24.5 Å². The zero-order valence-electron chi connectivity index (χ0n) is 17.0. The predicted molar refractivity (Wildman–Crippen MR) is 110 cm³/mol. The number of carbonyl (C=O) groups excluding carboxylic acids is 1. The minimum atomic E-state index is -0.547. The third-order valence-electron chi connectivity index (χ3n) is 5.33. The lowest BCUT2D eigenvalue weighted by molar-refractivity contribution is -0.870. The maximum Gasteiger partial charge on any atom is 0.306 e. The monoisotopic (exact) mass is 415 g/mol. The van der Waals surface area contributed by atoms with Gasteiger partial charge in [0.1, 0.15) is 6.10 Å². The van der Waals surface area contributed by atoms with E-state index in [1.807, 2.05) is 7.05 Å². The van der Waals surface area contributed by atoms with Gasteiger partial charge in [0.05, 0.1) is 44.5 Å². The molecule has 154 valence electrons. The normalized spacial score (nSPS) is 25.4. The lowest BCUT2D eigenvalue weighted by Crippen LogP contribution is -3.00. The Kier molecular flexibility index (Phi) is 8.77. The molecular weight excluding hydrogens is 382 g/mol. The lowest BCUT2D eigenvalue weighted by Gasteiger charge is -2.44. The number of rotatable bonds is 7. The second-order valence-corrected chi connectivity index (χ2v) is 9.04. The molecular formula is C20H34ClN3O2S. The van der Waals surface area contributed by atoms with Crippen LogP contribution >= 0.6 is 12.2 Å². The molecule has 2 N–H and O–H groups in total. The minimum Gasteiger partial charge on any atom is -1.00 e. The number of thiocarbonyl (C=S) groups is 1. The Bertz CT molecular complexity index is 601. The van der Waals surface area contributed by atoms with Gasteiger partial charge in [-0.25, -0.2) is 0 Å². The van der Waals surface area contributed by atoms with Crippen molar-refractivity contribution in [2.75, 3.05) is 41.3 Å². The summed E-state index contributed by atoms with van der Waals surface area (Å²) in [7, 11) is 8.42. The van der Waals surface area contributed by atoms with Gasteiger partial charge in [-0.1, -0.05) is 30.8 Å². The van der Waals surface area contributed by atoms with Gasteiger partial charge in [0, 0.05) is 26.2 Å². The molecule has 0 radical (unpaired) electrons. The first-order valence-corrected chi connectivity index (χ1v) is 9.95. The fraction of sp³-hybridized carbons (Fsp3) is 0.700. The molecule has 0 saturated heterocycles. The van der Waals surface area contributed by atoms with E-state index >= 15 is 0 Å². The average molecular weight is 416 g/mol. The average Bonchev–Trinajstić information content (AvgIpc) is 2.54. The fourth-order valence-corrected chi connectivity index (χ4v) is 4.26. The Hall–Kier alpha value is -1.11. The van der Waals surface area contributed by atoms with E-state index in [0.717, 1.165) is 55.2 Å². The zero-order chi connectivity index (χ0) is 19.4. The summed E-state index contributed by atoms with van der Waals surface area (Å²) in [5, 5.41) is 0. The molecule has 1 aliphatic heterocycles. The first-order chi connectivity index (χ1) is 12.1. The predicted octanol–water partition coefficient (Wildman–Crippen LogP) is -0.379. The highest BCUT2D eigenvalue weighted by molar-refractivity contribution is 7.80. The molecule has 2 atom stereocenters. The van der Waals surface area contributed by atoms with E-state index in [2.05, 4.69) is 44.4 Å². The van der Waals surface area contributed by atoms with Gasteiger partial charge in [0.2, 0.25) is 0 Å². The Balaban J connectivity index is 0.00000364. The Labute approximate surface area is 175 Å². The fourth-order valence-electron chi connectivity index (χ4n) is 3.91. The number of quaternary nitrogens is 1. The number of halogens is 1. The highest BCUT2D eigenvalue weighted by Gasteiger charge is 2.48. The zero-order valence-corrected chi connectivity index (χ0v) is 18.6. The van der Waals surface area contributed by atoms with Crippen LogP contribution in [-0.4, -0.2) is 67.7 Å². The van der Waals surface area contributed by atoms with E-state index in [0.29, 0.717) is 11.4 Å². The third-order valence-corrected chi connectivity index (χ3v) is 5.69. The molecule has 0 unspecified atom stereocenters. The number of esters is 1. The van der Waals surface area contributed by atoms with Gasteiger partial charge in [-0.05, 0) is 24.8 Å². The SMILES string of the molecule is CN1C=C([C@]2(C(N)=S)CCCC[C@H]2OC(=O)CCC[N+](C)(C)C)C=CC1.[Cl-]. The van der Waals surface area contributed by atoms with Crippen LogP contribution in [0.4, 0.5) is 0 Å². The van der Waals surface area contributed by atoms with Crippen LogP contribution in [0.1, 0.15) is 38.5 Å². The molecule has 0 aromatic rings. The van der Waals surface area contributed by atoms with E-state index in [1.165, 1.54) is 0 Å². The van der Waals surface area contributed by atoms with Gasteiger partial charge in [-0.15, -0.1) is 0 Å². The number of allylic oxidation sites excluding steroid dienone is 1. The molecule has 2 rings (SSSR count). The topological polar surface area (TPSA) is 55.6 Å². The first kappa shape index (κ1) is 23.9. The van der Waals surface area contributed by atoms with Crippen molar-refractivity contribution in [2.24, 2.45) is 11.1 Å². The van der Waals surface area contributed by atoms with Crippen LogP contribution in [-0.2, 0) is 9.53 Å². The number of likely N-dealkylation sites (N-methyl/N-ethyl adjacent to an activating group) is 1. The summed E-state index contributed by atoms with van der Waals surface area (Å²) in [6, 6.07) is 0. The summed E-state index contributed by atoms with van der Waals surface area (Å²) in [5.74, 6) is -0.139. The van der Waals surface area contributed by atoms with Crippen LogP contribution in [0.5, 0.6) is 0 Å². The van der Waals surface area contributed by atoms with E-state index in [1.54, 1.807) is 0 Å².